The van der Waals surface area contributed by atoms with E-state index in [9.17, 15) is 4.79 Å². The number of aryl methyl sites for hydroxylation is 2. The second-order valence-corrected chi connectivity index (χ2v) is 7.03. The lowest BCUT2D eigenvalue weighted by Crippen LogP contribution is -2.12. The number of amides is 1. The van der Waals surface area contributed by atoms with E-state index in [4.69, 9.17) is 5.73 Å². The molecule has 6 heteroatoms. The summed E-state index contributed by atoms with van der Waals surface area (Å²) in [7, 11) is 0. The van der Waals surface area contributed by atoms with Crippen molar-refractivity contribution in [1.29, 1.82) is 0 Å². The molecule has 0 unspecified atom stereocenters. The first-order chi connectivity index (χ1) is 10.0. The van der Waals surface area contributed by atoms with E-state index in [1.165, 1.54) is 0 Å². The maximum atomic E-state index is 11.9. The molecule has 0 saturated heterocycles. The van der Waals surface area contributed by atoms with Gasteiger partial charge in [0.15, 0.2) is 0 Å². The Morgan fingerprint density at radius 2 is 2.24 bits per heavy atom. The predicted octanol–water partition coefficient (Wildman–Crippen LogP) is 3.85. The van der Waals surface area contributed by atoms with Gasteiger partial charge in [-0.2, -0.15) is 0 Å². The zero-order valence-corrected chi connectivity index (χ0v) is 13.8. The van der Waals surface area contributed by atoms with Crippen molar-refractivity contribution < 1.29 is 4.79 Å². The average molecular weight is 321 g/mol. The fourth-order valence-electron chi connectivity index (χ4n) is 1.78. The molecule has 1 heterocycles. The fraction of sp³-hybridized carbons (Fsp3) is 0.333. The molecular formula is C15H19N3OS2. The molecule has 0 bridgehead atoms. The zero-order valence-electron chi connectivity index (χ0n) is 12.2. The van der Waals surface area contributed by atoms with E-state index in [0.717, 1.165) is 33.5 Å². The SMILES string of the molecule is Cc1csc(SCCCC(=O)Nc2cc(N)ccc2C)n1. The van der Waals surface area contributed by atoms with Gasteiger partial charge in [-0.05, 0) is 38.0 Å². The minimum Gasteiger partial charge on any atom is -0.399 e. The van der Waals surface area contributed by atoms with E-state index in [1.54, 1.807) is 29.2 Å². The number of benzene rings is 1. The molecule has 0 spiro atoms. The number of nitrogens with one attached hydrogen (secondary N) is 1. The van der Waals surface area contributed by atoms with E-state index in [0.29, 0.717) is 12.1 Å². The smallest absolute Gasteiger partial charge is 0.224 e. The lowest BCUT2D eigenvalue weighted by atomic mass is 10.1. The van der Waals surface area contributed by atoms with Crippen LogP contribution in [0.2, 0.25) is 0 Å². The molecule has 2 rings (SSSR count). The molecule has 0 fully saturated rings. The molecule has 1 aromatic carbocycles. The van der Waals surface area contributed by atoms with Crippen molar-refractivity contribution in [2.75, 3.05) is 16.8 Å². The lowest BCUT2D eigenvalue weighted by molar-refractivity contribution is -0.116. The second-order valence-electron chi connectivity index (χ2n) is 4.83. The summed E-state index contributed by atoms with van der Waals surface area (Å²) in [4.78, 5) is 16.3. The first-order valence-corrected chi connectivity index (χ1v) is 8.62. The Kier molecular flexibility index (Phi) is 5.64. The van der Waals surface area contributed by atoms with Gasteiger partial charge < -0.3 is 11.1 Å². The number of carbonyl (C=O) groups excluding carboxylic acids is 1. The summed E-state index contributed by atoms with van der Waals surface area (Å²) in [6.07, 6.45) is 1.34. The number of thioether (sulfide) groups is 1. The van der Waals surface area contributed by atoms with E-state index in [2.05, 4.69) is 10.3 Å². The Morgan fingerprint density at radius 1 is 1.43 bits per heavy atom. The van der Waals surface area contributed by atoms with E-state index < -0.39 is 0 Å². The highest BCUT2D eigenvalue weighted by Crippen LogP contribution is 2.23. The van der Waals surface area contributed by atoms with Crippen molar-refractivity contribution in [3.05, 3.63) is 34.8 Å². The van der Waals surface area contributed by atoms with Crippen LogP contribution in [0.4, 0.5) is 11.4 Å². The summed E-state index contributed by atoms with van der Waals surface area (Å²) in [6.45, 7) is 3.94. The van der Waals surface area contributed by atoms with Crippen LogP contribution in [-0.4, -0.2) is 16.6 Å². The number of nitrogens with two attached hydrogens (primary N) is 1. The number of nitrogens with zero attached hydrogens (tertiary/aromatic N) is 1. The van der Waals surface area contributed by atoms with Crippen molar-refractivity contribution in [2.24, 2.45) is 0 Å². The van der Waals surface area contributed by atoms with Gasteiger partial charge in [0, 0.05) is 34.6 Å². The van der Waals surface area contributed by atoms with Gasteiger partial charge in [-0.3, -0.25) is 4.79 Å². The number of aromatic nitrogens is 1. The van der Waals surface area contributed by atoms with E-state index in [-0.39, 0.29) is 5.91 Å². The molecular weight excluding hydrogens is 302 g/mol. The summed E-state index contributed by atoms with van der Waals surface area (Å²) in [5.41, 5.74) is 9.26. The van der Waals surface area contributed by atoms with E-state index >= 15 is 0 Å². The van der Waals surface area contributed by atoms with Crippen molar-refractivity contribution >= 4 is 40.4 Å². The Labute approximate surface area is 133 Å². The van der Waals surface area contributed by atoms with Crippen LogP contribution in [0.5, 0.6) is 0 Å². The van der Waals surface area contributed by atoms with Crippen molar-refractivity contribution in [3.63, 3.8) is 0 Å². The van der Waals surface area contributed by atoms with Crippen LogP contribution in [0.15, 0.2) is 27.9 Å². The highest BCUT2D eigenvalue weighted by Gasteiger charge is 2.06. The summed E-state index contributed by atoms with van der Waals surface area (Å²) in [5, 5.41) is 4.95. The number of anilines is 2. The maximum Gasteiger partial charge on any atom is 0.224 e. The number of nitrogen functional groups attached to an aromatic ring is 1. The van der Waals surface area contributed by atoms with Crippen LogP contribution in [0.25, 0.3) is 0 Å². The normalized spacial score (nSPS) is 10.6. The number of rotatable bonds is 6. The topological polar surface area (TPSA) is 68.0 Å². The first kappa shape index (κ1) is 15.9. The molecule has 0 atom stereocenters. The number of hydrogen-bond donors (Lipinski definition) is 2. The summed E-state index contributed by atoms with van der Waals surface area (Å²) in [5.74, 6) is 0.927. The molecule has 2 aromatic rings. The number of hydrogen-bond acceptors (Lipinski definition) is 5. The monoisotopic (exact) mass is 321 g/mol. The van der Waals surface area contributed by atoms with Gasteiger partial charge in [-0.25, -0.2) is 4.98 Å². The quantitative estimate of drug-likeness (QED) is 0.482. The van der Waals surface area contributed by atoms with E-state index in [1.807, 2.05) is 31.4 Å². The van der Waals surface area contributed by atoms with Crippen LogP contribution in [0.1, 0.15) is 24.1 Å². The molecule has 1 aromatic heterocycles. The third-order valence-electron chi connectivity index (χ3n) is 2.91. The standard InChI is InChI=1S/C15H19N3OS2/c1-10-5-6-12(16)8-13(10)18-14(19)4-3-7-20-15-17-11(2)9-21-15/h5-6,8-9H,3-4,7,16H2,1-2H3,(H,18,19). The Hall–Kier alpha value is -1.53. The summed E-state index contributed by atoms with van der Waals surface area (Å²) < 4.78 is 1.07. The number of carbonyl (C=O) groups is 1. The third kappa shape index (κ3) is 5.06. The van der Waals surface area contributed by atoms with Gasteiger partial charge >= 0.3 is 0 Å². The van der Waals surface area contributed by atoms with Gasteiger partial charge in [-0.1, -0.05) is 17.8 Å². The van der Waals surface area contributed by atoms with Crippen LogP contribution in [0, 0.1) is 13.8 Å². The van der Waals surface area contributed by atoms with Gasteiger partial charge in [0.05, 0.1) is 0 Å². The number of thiazole rings is 1. The highest BCUT2D eigenvalue weighted by atomic mass is 32.2. The molecule has 4 nitrogen and oxygen atoms in total. The largest absolute Gasteiger partial charge is 0.399 e. The molecule has 3 N–H and O–H groups in total. The first-order valence-electron chi connectivity index (χ1n) is 6.75. The Morgan fingerprint density at radius 3 is 2.95 bits per heavy atom. The Bertz CT molecular complexity index is 625. The molecule has 0 aliphatic rings. The third-order valence-corrected chi connectivity index (χ3v) is 5.13. The fourth-order valence-corrected chi connectivity index (χ4v) is 3.64. The van der Waals surface area contributed by atoms with Crippen LogP contribution in [-0.2, 0) is 4.79 Å². The Balaban J connectivity index is 1.73. The predicted molar refractivity (Wildman–Crippen MR) is 91.0 cm³/mol. The molecule has 0 saturated carbocycles. The molecule has 1 amide bonds. The second kappa shape index (κ2) is 7.47. The average Bonchev–Trinajstić information content (AvgIpc) is 2.85. The molecule has 0 aliphatic heterocycles. The molecule has 21 heavy (non-hydrogen) atoms. The van der Waals surface area contributed by atoms with Crippen molar-refractivity contribution in [1.82, 2.24) is 4.98 Å². The zero-order chi connectivity index (χ0) is 15.2. The maximum absolute atomic E-state index is 11.9. The summed E-state index contributed by atoms with van der Waals surface area (Å²) in [6, 6.07) is 5.53. The van der Waals surface area contributed by atoms with Gasteiger partial charge in [0.25, 0.3) is 0 Å². The van der Waals surface area contributed by atoms with Crippen LogP contribution >= 0.6 is 23.1 Å². The van der Waals surface area contributed by atoms with Crippen molar-refractivity contribution in [3.8, 4) is 0 Å². The molecule has 112 valence electrons. The van der Waals surface area contributed by atoms with Gasteiger partial charge in [0.1, 0.15) is 4.34 Å². The molecule has 0 aliphatic carbocycles. The van der Waals surface area contributed by atoms with Gasteiger partial charge in [0.2, 0.25) is 5.91 Å². The summed E-state index contributed by atoms with van der Waals surface area (Å²) >= 11 is 3.35. The minimum absolute atomic E-state index is 0.0274. The van der Waals surface area contributed by atoms with Crippen LogP contribution < -0.4 is 11.1 Å². The van der Waals surface area contributed by atoms with Gasteiger partial charge in [-0.15, -0.1) is 11.3 Å². The molecule has 0 radical (unpaired) electrons. The minimum atomic E-state index is 0.0274. The lowest BCUT2D eigenvalue weighted by Gasteiger charge is -2.09. The highest BCUT2D eigenvalue weighted by molar-refractivity contribution is 8.01. The van der Waals surface area contributed by atoms with Crippen LogP contribution in [0.3, 0.4) is 0 Å². The van der Waals surface area contributed by atoms with Crippen molar-refractivity contribution in [2.45, 2.75) is 31.0 Å².